The van der Waals surface area contributed by atoms with Gasteiger partial charge in [0.2, 0.25) is 15.9 Å². The lowest BCUT2D eigenvalue weighted by Gasteiger charge is -2.34. The topological polar surface area (TPSA) is 102 Å². The molecular weight excluding hydrogens is 442 g/mol. The summed E-state index contributed by atoms with van der Waals surface area (Å²) < 4.78 is 34.4. The minimum Gasteiger partial charge on any atom is -0.408 e. The molecule has 1 aromatic heterocycles. The van der Waals surface area contributed by atoms with E-state index in [1.165, 1.54) is 27.1 Å². The number of nitrogens with one attached hydrogen (secondary N) is 1. The Morgan fingerprint density at radius 2 is 1.85 bits per heavy atom. The van der Waals surface area contributed by atoms with E-state index in [0.29, 0.717) is 24.3 Å². The van der Waals surface area contributed by atoms with Crippen molar-refractivity contribution in [3.05, 3.63) is 58.6 Å². The molecule has 2 heterocycles. The zero-order chi connectivity index (χ0) is 23.8. The first-order valence-electron chi connectivity index (χ1n) is 11.2. The first kappa shape index (κ1) is 23.3. The molecule has 2 atom stereocenters. The maximum atomic E-state index is 13.2. The van der Waals surface area contributed by atoms with E-state index in [0.717, 1.165) is 18.4 Å². The standard InChI is InChI=1S/C24H29N3O5S/c1-4-18-6-5-7-19(11-18)25-23(28)15-27-21-9-8-20(12-22(21)32-24(27)29)33(30,31)26-13-16(2)10-17(3)14-26/h5-9,11-12,16-17H,4,10,13-15H2,1-3H3,(H,25,28)/t16-,17-/m0/s1. The number of hydrogen-bond acceptors (Lipinski definition) is 5. The smallest absolute Gasteiger partial charge is 0.408 e. The first-order chi connectivity index (χ1) is 15.7. The van der Waals surface area contributed by atoms with Crippen LogP contribution in [0.25, 0.3) is 11.1 Å². The van der Waals surface area contributed by atoms with Crippen LogP contribution < -0.4 is 11.1 Å². The van der Waals surface area contributed by atoms with Gasteiger partial charge < -0.3 is 9.73 Å². The summed E-state index contributed by atoms with van der Waals surface area (Å²) in [5.74, 6) is -0.524. The molecular formula is C24H29N3O5S. The van der Waals surface area contributed by atoms with Crippen LogP contribution in [-0.4, -0.2) is 36.3 Å². The highest BCUT2D eigenvalue weighted by Crippen LogP contribution is 2.28. The molecule has 8 nitrogen and oxygen atoms in total. The summed E-state index contributed by atoms with van der Waals surface area (Å²) in [6.45, 7) is 6.81. The van der Waals surface area contributed by atoms with Crippen LogP contribution in [0, 0.1) is 11.8 Å². The minimum absolute atomic E-state index is 0.0815. The number of rotatable bonds is 6. The summed E-state index contributed by atoms with van der Waals surface area (Å²) in [7, 11) is -3.71. The van der Waals surface area contributed by atoms with Crippen LogP contribution in [-0.2, 0) is 27.8 Å². The molecule has 2 aromatic carbocycles. The van der Waals surface area contributed by atoms with Gasteiger partial charge in [-0.2, -0.15) is 4.31 Å². The molecule has 4 rings (SSSR count). The van der Waals surface area contributed by atoms with Crippen LogP contribution in [0.3, 0.4) is 0 Å². The number of amides is 1. The van der Waals surface area contributed by atoms with Gasteiger partial charge in [-0.05, 0) is 54.5 Å². The van der Waals surface area contributed by atoms with Crippen molar-refractivity contribution in [2.45, 2.75) is 45.1 Å². The molecule has 0 bridgehead atoms. The number of aromatic nitrogens is 1. The highest BCUT2D eigenvalue weighted by Gasteiger charge is 2.32. The summed E-state index contributed by atoms with van der Waals surface area (Å²) in [6, 6.07) is 11.9. The van der Waals surface area contributed by atoms with Crippen LogP contribution in [0.1, 0.15) is 32.8 Å². The van der Waals surface area contributed by atoms with E-state index in [1.54, 1.807) is 6.07 Å². The maximum absolute atomic E-state index is 13.2. The predicted octanol–water partition coefficient (Wildman–Crippen LogP) is 3.46. The molecule has 0 saturated carbocycles. The average molecular weight is 472 g/mol. The van der Waals surface area contributed by atoms with Crippen molar-refractivity contribution in [2.75, 3.05) is 18.4 Å². The fourth-order valence-corrected chi connectivity index (χ4v) is 6.22. The summed E-state index contributed by atoms with van der Waals surface area (Å²) in [4.78, 5) is 25.1. The highest BCUT2D eigenvalue weighted by molar-refractivity contribution is 7.89. The van der Waals surface area contributed by atoms with Gasteiger partial charge in [0.25, 0.3) is 0 Å². The van der Waals surface area contributed by atoms with Crippen molar-refractivity contribution < 1.29 is 17.6 Å². The number of piperidine rings is 1. The zero-order valence-electron chi connectivity index (χ0n) is 19.1. The Kier molecular flexibility index (Phi) is 6.45. The molecule has 3 aromatic rings. The van der Waals surface area contributed by atoms with E-state index in [9.17, 15) is 18.0 Å². The van der Waals surface area contributed by atoms with E-state index in [1.807, 2.05) is 39.0 Å². The summed E-state index contributed by atoms with van der Waals surface area (Å²) >= 11 is 0. The van der Waals surface area contributed by atoms with Crippen LogP contribution in [0.2, 0.25) is 0 Å². The molecule has 0 spiro atoms. The number of nitrogens with zero attached hydrogens (tertiary/aromatic N) is 2. The van der Waals surface area contributed by atoms with E-state index in [-0.39, 0.29) is 34.8 Å². The molecule has 1 aliphatic heterocycles. The second-order valence-corrected chi connectivity index (χ2v) is 10.9. The molecule has 0 aliphatic carbocycles. The molecule has 176 valence electrons. The predicted molar refractivity (Wildman–Crippen MR) is 127 cm³/mol. The molecule has 1 aliphatic rings. The van der Waals surface area contributed by atoms with Crippen LogP contribution in [0.15, 0.2) is 56.6 Å². The van der Waals surface area contributed by atoms with Gasteiger partial charge in [-0.1, -0.05) is 32.9 Å². The third kappa shape index (κ3) is 4.89. The molecule has 33 heavy (non-hydrogen) atoms. The van der Waals surface area contributed by atoms with Gasteiger partial charge in [0, 0.05) is 24.8 Å². The van der Waals surface area contributed by atoms with Gasteiger partial charge in [-0.3, -0.25) is 9.36 Å². The number of anilines is 1. The number of benzene rings is 2. The van der Waals surface area contributed by atoms with Crippen molar-refractivity contribution >= 4 is 32.7 Å². The van der Waals surface area contributed by atoms with Gasteiger partial charge in [-0.25, -0.2) is 13.2 Å². The fourth-order valence-electron chi connectivity index (χ4n) is 4.52. The Hall–Kier alpha value is -2.91. The number of oxazole rings is 1. The number of hydrogen-bond donors (Lipinski definition) is 1. The van der Waals surface area contributed by atoms with Gasteiger partial charge in [0.15, 0.2) is 5.58 Å². The Labute approximate surface area is 193 Å². The Balaban J connectivity index is 1.57. The van der Waals surface area contributed by atoms with Crippen molar-refractivity contribution in [1.82, 2.24) is 8.87 Å². The molecule has 0 unspecified atom stereocenters. The number of fused-ring (bicyclic) bond motifs is 1. The quantitative estimate of drug-likeness (QED) is 0.593. The van der Waals surface area contributed by atoms with E-state index in [2.05, 4.69) is 5.32 Å². The molecule has 1 amide bonds. The Morgan fingerprint density at radius 3 is 2.55 bits per heavy atom. The highest BCUT2D eigenvalue weighted by atomic mass is 32.2. The van der Waals surface area contributed by atoms with Gasteiger partial charge in [-0.15, -0.1) is 0 Å². The number of carbonyl (C=O) groups is 1. The number of aryl methyl sites for hydroxylation is 1. The zero-order valence-corrected chi connectivity index (χ0v) is 19.9. The lowest BCUT2D eigenvalue weighted by molar-refractivity contribution is -0.116. The Bertz CT molecular complexity index is 1330. The van der Waals surface area contributed by atoms with Gasteiger partial charge >= 0.3 is 5.76 Å². The third-order valence-corrected chi connectivity index (χ3v) is 7.86. The minimum atomic E-state index is -3.71. The lowest BCUT2D eigenvalue weighted by Crippen LogP contribution is -2.42. The van der Waals surface area contributed by atoms with Crippen molar-refractivity contribution in [2.24, 2.45) is 11.8 Å². The van der Waals surface area contributed by atoms with Crippen LogP contribution in [0.5, 0.6) is 0 Å². The van der Waals surface area contributed by atoms with E-state index < -0.39 is 15.8 Å². The second-order valence-electron chi connectivity index (χ2n) is 8.95. The summed E-state index contributed by atoms with van der Waals surface area (Å²) in [6.07, 6.45) is 1.84. The van der Waals surface area contributed by atoms with Crippen LogP contribution >= 0.6 is 0 Å². The lowest BCUT2D eigenvalue weighted by atomic mass is 9.94. The fraction of sp³-hybridized carbons (Fsp3) is 0.417. The SMILES string of the molecule is CCc1cccc(NC(=O)Cn2c(=O)oc3cc(S(=O)(=O)N4C[C@@H](C)C[C@H](C)C4)ccc32)c1. The average Bonchev–Trinajstić information content (AvgIpc) is 3.07. The summed E-state index contributed by atoms with van der Waals surface area (Å²) in [5.41, 5.74) is 2.25. The van der Waals surface area contributed by atoms with Gasteiger partial charge in [0.05, 0.1) is 10.4 Å². The number of sulfonamides is 1. The van der Waals surface area contributed by atoms with Crippen molar-refractivity contribution in [3.63, 3.8) is 0 Å². The third-order valence-electron chi connectivity index (χ3n) is 6.03. The second kappa shape index (κ2) is 9.15. The molecule has 9 heteroatoms. The largest absolute Gasteiger partial charge is 0.420 e. The maximum Gasteiger partial charge on any atom is 0.420 e. The van der Waals surface area contributed by atoms with Crippen molar-refractivity contribution in [3.8, 4) is 0 Å². The van der Waals surface area contributed by atoms with E-state index >= 15 is 0 Å². The Morgan fingerprint density at radius 1 is 1.12 bits per heavy atom. The van der Waals surface area contributed by atoms with E-state index in [4.69, 9.17) is 4.42 Å². The normalized spacial score (nSPS) is 19.6. The molecule has 1 fully saturated rings. The summed E-state index contributed by atoms with van der Waals surface area (Å²) in [5, 5.41) is 2.79. The first-order valence-corrected chi connectivity index (χ1v) is 12.6. The van der Waals surface area contributed by atoms with Crippen molar-refractivity contribution in [1.29, 1.82) is 0 Å². The molecule has 1 N–H and O–H groups in total. The van der Waals surface area contributed by atoms with Gasteiger partial charge in [0.1, 0.15) is 6.54 Å². The molecule has 0 radical (unpaired) electrons. The van der Waals surface area contributed by atoms with Crippen LogP contribution in [0.4, 0.5) is 5.69 Å². The monoisotopic (exact) mass is 471 g/mol. The molecule has 1 saturated heterocycles. The number of carbonyl (C=O) groups excluding carboxylic acids is 1.